The number of H-pyrrole nitrogens is 1. The maximum atomic E-state index is 12.5. The lowest BCUT2D eigenvalue weighted by atomic mass is 10.1. The highest BCUT2D eigenvalue weighted by molar-refractivity contribution is 7.14. The van der Waals surface area contributed by atoms with E-state index in [1.54, 1.807) is 0 Å². The van der Waals surface area contributed by atoms with Gasteiger partial charge in [0.15, 0.2) is 6.61 Å². The number of ketones is 1. The van der Waals surface area contributed by atoms with Gasteiger partial charge in [-0.3, -0.25) is 4.79 Å². The summed E-state index contributed by atoms with van der Waals surface area (Å²) in [6.45, 7) is 5.63. The summed E-state index contributed by atoms with van der Waals surface area (Å²) >= 11 is 1.43. The lowest BCUT2D eigenvalue weighted by Gasteiger charge is -2.03. The van der Waals surface area contributed by atoms with Crippen molar-refractivity contribution in [3.8, 4) is 0 Å². The molecular formula is C19H19NO3S. The number of nitrogens with one attached hydrogen (secondary N) is 1. The first-order valence-electron chi connectivity index (χ1n) is 7.88. The Balaban J connectivity index is 1.75. The fourth-order valence-corrected chi connectivity index (χ4v) is 3.89. The van der Waals surface area contributed by atoms with Crippen LogP contribution in [0.1, 0.15) is 43.1 Å². The average Bonchev–Trinajstić information content (AvgIpc) is 3.11. The highest BCUT2D eigenvalue weighted by atomic mass is 32.1. The van der Waals surface area contributed by atoms with E-state index in [0.717, 1.165) is 28.6 Å². The van der Waals surface area contributed by atoms with E-state index >= 15 is 0 Å². The van der Waals surface area contributed by atoms with E-state index in [9.17, 15) is 9.59 Å². The van der Waals surface area contributed by atoms with E-state index in [-0.39, 0.29) is 12.4 Å². The van der Waals surface area contributed by atoms with Gasteiger partial charge in [0.1, 0.15) is 4.88 Å². The SMILES string of the molecule is CCc1sc(C(=O)OCC(=O)c2c(C)[nH]c3ccccc23)cc1C. The summed E-state index contributed by atoms with van der Waals surface area (Å²) in [7, 11) is 0. The van der Waals surface area contributed by atoms with E-state index in [1.807, 2.05) is 44.2 Å². The molecule has 0 bridgehead atoms. The molecule has 0 spiro atoms. The molecule has 0 unspecified atom stereocenters. The summed E-state index contributed by atoms with van der Waals surface area (Å²) < 4.78 is 5.24. The zero-order valence-electron chi connectivity index (χ0n) is 13.9. The second-order valence-electron chi connectivity index (χ2n) is 5.74. The van der Waals surface area contributed by atoms with Crippen LogP contribution >= 0.6 is 11.3 Å². The second kappa shape index (κ2) is 6.61. The van der Waals surface area contributed by atoms with Crippen molar-refractivity contribution in [3.63, 3.8) is 0 Å². The van der Waals surface area contributed by atoms with E-state index < -0.39 is 5.97 Å². The largest absolute Gasteiger partial charge is 0.453 e. The van der Waals surface area contributed by atoms with Gasteiger partial charge in [0.2, 0.25) is 5.78 Å². The molecule has 124 valence electrons. The molecule has 0 aliphatic rings. The first-order chi connectivity index (χ1) is 11.5. The van der Waals surface area contributed by atoms with Gasteiger partial charge in [0.05, 0.1) is 0 Å². The van der Waals surface area contributed by atoms with Crippen LogP contribution in [-0.2, 0) is 11.2 Å². The third-order valence-corrected chi connectivity index (χ3v) is 5.41. The molecule has 2 aromatic heterocycles. The molecule has 24 heavy (non-hydrogen) atoms. The lowest BCUT2D eigenvalue weighted by Crippen LogP contribution is -2.14. The predicted octanol–water partition coefficient (Wildman–Crippen LogP) is 4.45. The summed E-state index contributed by atoms with van der Waals surface area (Å²) in [6, 6.07) is 9.44. The molecule has 0 aliphatic heterocycles. The molecule has 0 amide bonds. The minimum atomic E-state index is -0.436. The molecule has 1 N–H and O–H groups in total. The predicted molar refractivity (Wildman–Crippen MR) is 96.1 cm³/mol. The number of benzene rings is 1. The van der Waals surface area contributed by atoms with Gasteiger partial charge < -0.3 is 9.72 Å². The number of para-hydroxylation sites is 1. The topological polar surface area (TPSA) is 59.2 Å². The number of ether oxygens (including phenoxy) is 1. The summed E-state index contributed by atoms with van der Waals surface area (Å²) in [5.74, 6) is -0.629. The number of hydrogen-bond donors (Lipinski definition) is 1. The molecule has 3 rings (SSSR count). The van der Waals surface area contributed by atoms with Crippen molar-refractivity contribution in [2.45, 2.75) is 27.2 Å². The van der Waals surface area contributed by atoms with Gasteiger partial charge in [-0.25, -0.2) is 4.79 Å². The Morgan fingerprint density at radius 2 is 1.96 bits per heavy atom. The van der Waals surface area contributed by atoms with Gasteiger partial charge in [0.25, 0.3) is 0 Å². The number of Topliss-reactive ketones (excluding diaryl/α,β-unsaturated/α-hetero) is 1. The van der Waals surface area contributed by atoms with Crippen LogP contribution in [0.2, 0.25) is 0 Å². The van der Waals surface area contributed by atoms with Gasteiger partial charge >= 0.3 is 5.97 Å². The smallest absolute Gasteiger partial charge is 0.348 e. The Morgan fingerprint density at radius 3 is 2.67 bits per heavy atom. The van der Waals surface area contributed by atoms with E-state index in [1.165, 1.54) is 16.2 Å². The molecule has 3 aromatic rings. The fraction of sp³-hybridized carbons (Fsp3) is 0.263. The maximum Gasteiger partial charge on any atom is 0.348 e. The van der Waals surface area contributed by atoms with Crippen molar-refractivity contribution < 1.29 is 14.3 Å². The van der Waals surface area contributed by atoms with Crippen LogP contribution in [0.3, 0.4) is 0 Å². The van der Waals surface area contributed by atoms with Gasteiger partial charge in [-0.1, -0.05) is 25.1 Å². The standard InChI is InChI=1S/C19H19NO3S/c1-4-16-11(2)9-17(24-16)19(22)23-10-15(21)18-12(3)20-14-8-6-5-7-13(14)18/h5-9,20H,4,10H2,1-3H3. The average molecular weight is 341 g/mol. The maximum absolute atomic E-state index is 12.5. The number of esters is 1. The molecule has 0 aliphatic carbocycles. The van der Waals surface area contributed by atoms with Crippen LogP contribution in [0, 0.1) is 13.8 Å². The van der Waals surface area contributed by atoms with Crippen LogP contribution in [0.25, 0.3) is 10.9 Å². The minimum Gasteiger partial charge on any atom is -0.453 e. The van der Waals surface area contributed by atoms with Crippen LogP contribution in [0.4, 0.5) is 0 Å². The summed E-state index contributed by atoms with van der Waals surface area (Å²) in [4.78, 5) is 29.6. The first-order valence-corrected chi connectivity index (χ1v) is 8.69. The number of hydrogen-bond acceptors (Lipinski definition) is 4. The van der Waals surface area contributed by atoms with Crippen LogP contribution < -0.4 is 0 Å². The molecule has 5 heteroatoms. The molecule has 1 aromatic carbocycles. The quantitative estimate of drug-likeness (QED) is 0.551. The Kier molecular flexibility index (Phi) is 4.53. The van der Waals surface area contributed by atoms with E-state index in [4.69, 9.17) is 4.74 Å². The Bertz CT molecular complexity index is 920. The molecule has 2 heterocycles. The summed E-state index contributed by atoms with van der Waals surface area (Å²) in [5.41, 5.74) is 3.38. The van der Waals surface area contributed by atoms with Crippen molar-refractivity contribution in [2.24, 2.45) is 0 Å². The van der Waals surface area contributed by atoms with Crippen molar-refractivity contribution >= 4 is 34.0 Å². The normalized spacial score (nSPS) is 11.0. The third kappa shape index (κ3) is 2.99. The fourth-order valence-electron chi connectivity index (χ4n) is 2.88. The number of thiophene rings is 1. The van der Waals surface area contributed by atoms with Crippen LogP contribution in [0.5, 0.6) is 0 Å². The number of rotatable bonds is 5. The number of carbonyl (C=O) groups excluding carboxylic acids is 2. The molecule has 0 saturated carbocycles. The summed E-state index contributed by atoms with van der Waals surface area (Å²) in [5, 5.41) is 0.858. The Morgan fingerprint density at radius 1 is 1.21 bits per heavy atom. The Labute approximate surface area is 144 Å². The van der Waals surface area contributed by atoms with Gasteiger partial charge in [-0.15, -0.1) is 11.3 Å². The number of aromatic nitrogens is 1. The second-order valence-corrected chi connectivity index (χ2v) is 6.88. The highest BCUT2D eigenvalue weighted by Crippen LogP contribution is 2.24. The van der Waals surface area contributed by atoms with Crippen molar-refractivity contribution in [3.05, 3.63) is 56.9 Å². The molecule has 0 fully saturated rings. The number of aryl methyl sites for hydroxylation is 3. The van der Waals surface area contributed by atoms with Gasteiger partial charge in [0, 0.05) is 27.0 Å². The minimum absolute atomic E-state index is 0.192. The van der Waals surface area contributed by atoms with Crippen molar-refractivity contribution in [2.75, 3.05) is 6.61 Å². The zero-order valence-corrected chi connectivity index (χ0v) is 14.8. The summed E-state index contributed by atoms with van der Waals surface area (Å²) in [6.07, 6.45) is 0.886. The van der Waals surface area contributed by atoms with Crippen molar-refractivity contribution in [1.82, 2.24) is 4.98 Å². The van der Waals surface area contributed by atoms with Crippen LogP contribution in [0.15, 0.2) is 30.3 Å². The molecular weight excluding hydrogens is 322 g/mol. The van der Waals surface area contributed by atoms with Gasteiger partial charge in [-0.2, -0.15) is 0 Å². The van der Waals surface area contributed by atoms with E-state index in [0.29, 0.717) is 10.4 Å². The third-order valence-electron chi connectivity index (χ3n) is 4.05. The number of aromatic amines is 1. The molecule has 4 nitrogen and oxygen atoms in total. The lowest BCUT2D eigenvalue weighted by molar-refractivity contribution is 0.0480. The van der Waals surface area contributed by atoms with Gasteiger partial charge in [-0.05, 0) is 38.0 Å². The molecule has 0 saturated heterocycles. The zero-order chi connectivity index (χ0) is 17.3. The van der Waals surface area contributed by atoms with E-state index in [2.05, 4.69) is 11.9 Å². The molecule has 0 radical (unpaired) electrons. The number of fused-ring (bicyclic) bond motifs is 1. The number of carbonyl (C=O) groups is 2. The molecule has 0 atom stereocenters. The van der Waals surface area contributed by atoms with Crippen molar-refractivity contribution in [1.29, 1.82) is 0 Å². The highest BCUT2D eigenvalue weighted by Gasteiger charge is 2.19. The first kappa shape index (κ1) is 16.5. The monoisotopic (exact) mass is 341 g/mol. The van der Waals surface area contributed by atoms with Crippen LogP contribution in [-0.4, -0.2) is 23.3 Å². The Hall–Kier alpha value is -2.40.